The standard InChI is InChI=1S/C71H69B3F2N2/c1-42-34-46(5)66(47(6)35-42)72(67-48(7)36-43(2)37-49(67)8)61-28-22-58(23-29-61)26-32-63-54(13)70-65(60-20-18-17-19-21-60)71-55(14)64(57(16)78(71)74(75,76)77(70)56(63)15)33-27-59-24-30-62(31-25-59)73(68-50(9)38-44(3)39-51(68)10)69-52(11)40-45(4)41-53(69)12/h17-25,28-31,34-41H,1-16H3. The molecular formula is C71H69B3F2N2. The van der Waals surface area contributed by atoms with Crippen molar-refractivity contribution in [3.8, 4) is 23.7 Å². The fourth-order valence-electron chi connectivity index (χ4n) is 13.9. The van der Waals surface area contributed by atoms with Crippen LogP contribution in [0, 0.1) is 121 Å². The topological polar surface area (TPSA) is 7.94 Å². The number of hydrogen-bond donors (Lipinski definition) is 0. The third-order valence-electron chi connectivity index (χ3n) is 16.8. The van der Waals surface area contributed by atoms with E-state index in [9.17, 15) is 0 Å². The first-order valence-corrected chi connectivity index (χ1v) is 27.5. The van der Waals surface area contributed by atoms with Crippen LogP contribution in [0.2, 0.25) is 0 Å². The Morgan fingerprint density at radius 2 is 0.795 bits per heavy atom. The Hall–Kier alpha value is -7.86. The van der Waals surface area contributed by atoms with Crippen LogP contribution in [0.4, 0.5) is 8.63 Å². The molecule has 0 saturated heterocycles. The van der Waals surface area contributed by atoms with Crippen molar-refractivity contribution in [1.82, 2.24) is 4.48 Å². The number of rotatable bonds is 7. The smallest absolute Gasteiger partial charge is 0.392 e. The Kier molecular flexibility index (Phi) is 14.1. The van der Waals surface area contributed by atoms with Crippen molar-refractivity contribution in [3.63, 3.8) is 0 Å². The number of aryl methyl sites for hydroxylation is 12. The summed E-state index contributed by atoms with van der Waals surface area (Å²) in [5, 5.41) is 0. The molecule has 7 aromatic carbocycles. The maximum atomic E-state index is 17.9. The molecule has 0 unspecified atom stereocenters. The molecule has 8 aromatic rings. The summed E-state index contributed by atoms with van der Waals surface area (Å²) in [6, 6.07) is 45.3. The van der Waals surface area contributed by atoms with Crippen molar-refractivity contribution in [3.05, 3.63) is 250 Å². The Morgan fingerprint density at radius 3 is 1.17 bits per heavy atom. The third kappa shape index (κ3) is 9.26. The number of fused-ring (bicyclic) bond motifs is 2. The van der Waals surface area contributed by atoms with Gasteiger partial charge in [0, 0.05) is 40.6 Å². The van der Waals surface area contributed by atoms with Gasteiger partial charge in [0.1, 0.15) is 5.71 Å². The summed E-state index contributed by atoms with van der Waals surface area (Å²) in [5.41, 5.74) is 30.7. The van der Waals surface area contributed by atoms with Gasteiger partial charge in [-0.2, -0.15) is 0 Å². The van der Waals surface area contributed by atoms with E-state index >= 15 is 8.63 Å². The number of aromatic nitrogens is 1. The number of allylic oxidation sites excluding steroid dienone is 2. The summed E-state index contributed by atoms with van der Waals surface area (Å²) in [5.74, 6) is 13.7. The van der Waals surface area contributed by atoms with Crippen LogP contribution in [-0.2, 0) is 0 Å². The van der Waals surface area contributed by atoms with Crippen LogP contribution in [0.3, 0.4) is 0 Å². The van der Waals surface area contributed by atoms with Crippen LogP contribution in [0.1, 0.15) is 120 Å². The van der Waals surface area contributed by atoms with Crippen LogP contribution < -0.4 is 32.8 Å². The Bertz CT molecular complexity index is 3840. The van der Waals surface area contributed by atoms with Gasteiger partial charge >= 0.3 is 6.97 Å². The quantitative estimate of drug-likeness (QED) is 0.111. The van der Waals surface area contributed by atoms with Crippen LogP contribution in [-0.4, -0.2) is 35.1 Å². The van der Waals surface area contributed by atoms with E-state index < -0.39 is 6.97 Å². The lowest BCUT2D eigenvalue weighted by Crippen LogP contribution is -2.55. The zero-order valence-corrected chi connectivity index (χ0v) is 48.5. The fourth-order valence-corrected chi connectivity index (χ4v) is 13.9. The summed E-state index contributed by atoms with van der Waals surface area (Å²) in [6.07, 6.45) is 0. The predicted molar refractivity (Wildman–Crippen MR) is 331 cm³/mol. The Balaban J connectivity index is 1.04. The summed E-state index contributed by atoms with van der Waals surface area (Å²) in [6.45, 7) is 29.6. The summed E-state index contributed by atoms with van der Waals surface area (Å²) < 4.78 is 38.4. The lowest BCUT2D eigenvalue weighted by molar-refractivity contribution is -0.363. The largest absolute Gasteiger partial charge is 0.737 e. The molecule has 0 bridgehead atoms. The van der Waals surface area contributed by atoms with Crippen LogP contribution in [0.5, 0.6) is 0 Å². The second-order valence-electron chi connectivity index (χ2n) is 22.8. The minimum Gasteiger partial charge on any atom is -0.392 e. The highest BCUT2D eigenvalue weighted by Gasteiger charge is 2.57. The van der Waals surface area contributed by atoms with Gasteiger partial charge in [0.15, 0.2) is 5.70 Å². The van der Waals surface area contributed by atoms with E-state index in [0.29, 0.717) is 33.9 Å². The van der Waals surface area contributed by atoms with Crippen molar-refractivity contribution in [2.45, 2.75) is 111 Å². The van der Waals surface area contributed by atoms with Gasteiger partial charge in [0.05, 0.1) is 11.1 Å². The molecule has 0 saturated carbocycles. The lowest BCUT2D eigenvalue weighted by Gasteiger charge is -2.33. The molecule has 1 aromatic heterocycles. The Labute approximate surface area is 464 Å². The number of halogens is 2. The average molecular weight is 1020 g/mol. The zero-order chi connectivity index (χ0) is 55.8. The molecule has 0 fully saturated rings. The number of hydrogen-bond acceptors (Lipinski definition) is 0. The van der Waals surface area contributed by atoms with Crippen molar-refractivity contribution in [2.75, 3.05) is 0 Å². The molecular weight excluding hydrogens is 951 g/mol. The maximum Gasteiger partial charge on any atom is 0.737 e. The molecule has 3 heterocycles. The third-order valence-corrected chi connectivity index (χ3v) is 16.8. The van der Waals surface area contributed by atoms with E-state index in [2.05, 4.69) is 204 Å². The normalized spacial score (nSPS) is 13.5. The van der Waals surface area contributed by atoms with E-state index in [1.807, 2.05) is 44.2 Å². The van der Waals surface area contributed by atoms with E-state index in [-0.39, 0.29) is 13.4 Å². The zero-order valence-electron chi connectivity index (χ0n) is 48.5. The van der Waals surface area contributed by atoms with Crippen molar-refractivity contribution >= 4 is 64.5 Å². The minimum absolute atomic E-state index is 0.0327. The van der Waals surface area contributed by atoms with Gasteiger partial charge < -0.3 is 17.6 Å². The van der Waals surface area contributed by atoms with E-state index in [1.54, 1.807) is 13.8 Å². The van der Waals surface area contributed by atoms with Crippen molar-refractivity contribution in [1.29, 1.82) is 0 Å². The Morgan fingerprint density at radius 1 is 0.436 bits per heavy atom. The average Bonchev–Trinajstić information content (AvgIpc) is 3.76. The number of benzene rings is 7. The fraction of sp³-hybridized carbons (Fsp3) is 0.225. The van der Waals surface area contributed by atoms with Gasteiger partial charge in [-0.25, -0.2) is 0 Å². The highest BCUT2D eigenvalue weighted by atomic mass is 19.2. The van der Waals surface area contributed by atoms with Gasteiger partial charge in [-0.3, -0.25) is 0 Å². The molecule has 2 aliphatic rings. The van der Waals surface area contributed by atoms with E-state index in [0.717, 1.165) is 33.4 Å². The molecule has 78 heavy (non-hydrogen) atoms. The molecule has 2 aliphatic heterocycles. The monoisotopic (exact) mass is 1020 g/mol. The molecule has 386 valence electrons. The molecule has 0 atom stereocenters. The molecule has 0 N–H and O–H groups in total. The first kappa shape index (κ1) is 53.5. The van der Waals surface area contributed by atoms with Gasteiger partial charge in [-0.05, 0) is 139 Å². The highest BCUT2D eigenvalue weighted by Crippen LogP contribution is 2.46. The summed E-state index contributed by atoms with van der Waals surface area (Å²) >= 11 is 0. The molecule has 0 aliphatic carbocycles. The second-order valence-corrected chi connectivity index (χ2v) is 22.8. The van der Waals surface area contributed by atoms with Crippen molar-refractivity contribution < 1.29 is 13.1 Å². The molecule has 0 spiro atoms. The van der Waals surface area contributed by atoms with E-state index in [1.165, 1.54) is 109 Å². The number of nitrogens with zero attached hydrogens (tertiary/aromatic N) is 2. The van der Waals surface area contributed by atoms with Gasteiger partial charge in [0.2, 0.25) is 13.4 Å². The molecule has 2 nitrogen and oxygen atoms in total. The lowest BCUT2D eigenvalue weighted by atomic mass is 9.34. The molecule has 0 amide bonds. The maximum absolute atomic E-state index is 17.9. The molecule has 10 rings (SSSR count). The summed E-state index contributed by atoms with van der Waals surface area (Å²) in [7, 11) is 0. The molecule has 0 radical (unpaired) electrons. The van der Waals surface area contributed by atoms with E-state index in [4.69, 9.17) is 0 Å². The van der Waals surface area contributed by atoms with Gasteiger partial charge in [-0.15, -0.1) is 0 Å². The second kappa shape index (κ2) is 20.5. The van der Waals surface area contributed by atoms with Crippen molar-refractivity contribution in [2.24, 2.45) is 0 Å². The highest BCUT2D eigenvalue weighted by molar-refractivity contribution is 6.97. The SMILES string of the molecule is CC1=C(C#Cc2ccc(B(c3c(C)cc(C)cc3C)c3c(C)cc(C)cc3C)cc2)C(C)=[N+]2C1=C(c1ccccc1)c1c(C)c(C#Cc3ccc(B(c4c(C)cc(C)cc4C)c4c(C)cc(C)cc4C)cc3)c(C)n1[B-]2(F)F. The van der Waals surface area contributed by atoms with Gasteiger partial charge in [0.25, 0.3) is 0 Å². The minimum atomic E-state index is -4.37. The van der Waals surface area contributed by atoms with Crippen LogP contribution in [0.15, 0.2) is 144 Å². The van der Waals surface area contributed by atoms with Gasteiger partial charge in [-0.1, -0.05) is 226 Å². The van der Waals surface area contributed by atoms with Crippen LogP contribution >= 0.6 is 0 Å². The summed E-state index contributed by atoms with van der Waals surface area (Å²) in [4.78, 5) is 0. The first-order chi connectivity index (χ1) is 37.1. The van der Waals surface area contributed by atoms with Crippen LogP contribution in [0.25, 0.3) is 5.57 Å². The predicted octanol–water partition coefficient (Wildman–Crippen LogP) is 12.1. The molecule has 7 heteroatoms. The first-order valence-electron chi connectivity index (χ1n) is 27.5.